The number of phenols is 2. The van der Waals surface area contributed by atoms with Gasteiger partial charge in [-0.15, -0.1) is 0 Å². The number of aromatic hydroxyl groups is 2. The average Bonchev–Trinajstić information content (AvgIpc) is 2.97. The topological polar surface area (TPSA) is 60.7 Å². The number of aliphatic hydroxyl groups is 1. The van der Waals surface area contributed by atoms with E-state index in [-0.39, 0.29) is 11.5 Å². The largest absolute Gasteiger partial charge is 0.508 e. The van der Waals surface area contributed by atoms with Crippen molar-refractivity contribution in [2.75, 3.05) is 0 Å². The van der Waals surface area contributed by atoms with Crippen LogP contribution in [0.2, 0.25) is 0 Å². The Balaban J connectivity index is 0.000000218. The molecule has 5 atom stereocenters. The van der Waals surface area contributed by atoms with Gasteiger partial charge in [0.05, 0.1) is 6.10 Å². The van der Waals surface area contributed by atoms with Crippen molar-refractivity contribution in [3.63, 3.8) is 0 Å². The molecule has 2 saturated carbocycles. The zero-order valence-electron chi connectivity index (χ0n) is 16.0. The first-order valence-electron chi connectivity index (χ1n) is 10.2. The van der Waals surface area contributed by atoms with Crippen molar-refractivity contribution in [3.05, 3.63) is 59.7 Å². The van der Waals surface area contributed by atoms with E-state index < -0.39 is 0 Å². The molecule has 2 fully saturated rings. The lowest BCUT2D eigenvalue weighted by atomic mass is 9.55. The van der Waals surface area contributed by atoms with Crippen LogP contribution in [0.4, 0.5) is 0 Å². The van der Waals surface area contributed by atoms with Gasteiger partial charge < -0.3 is 15.3 Å². The molecule has 2 aromatic carbocycles. The van der Waals surface area contributed by atoms with Crippen molar-refractivity contribution < 1.29 is 15.3 Å². The molecule has 3 aliphatic carbocycles. The summed E-state index contributed by atoms with van der Waals surface area (Å²) in [6.45, 7) is 2.32. The lowest BCUT2D eigenvalue weighted by Crippen LogP contribution is -2.43. The minimum absolute atomic E-state index is 0.0883. The van der Waals surface area contributed by atoms with Gasteiger partial charge in [0.1, 0.15) is 11.5 Å². The summed E-state index contributed by atoms with van der Waals surface area (Å²) in [5.74, 6) is 2.81. The molecular weight excluding hydrogens is 336 g/mol. The van der Waals surface area contributed by atoms with Gasteiger partial charge in [0.25, 0.3) is 0 Å². The van der Waals surface area contributed by atoms with Gasteiger partial charge in [0.15, 0.2) is 0 Å². The second kappa shape index (κ2) is 7.20. The summed E-state index contributed by atoms with van der Waals surface area (Å²) in [6.07, 6.45) is 6.78. The third-order valence-corrected chi connectivity index (χ3v) is 7.42. The summed E-state index contributed by atoms with van der Waals surface area (Å²) >= 11 is 0. The number of hydrogen-bond donors (Lipinski definition) is 3. The number of rotatable bonds is 0. The molecular formula is C24H30O3. The minimum atomic E-state index is -0.0883. The van der Waals surface area contributed by atoms with Gasteiger partial charge >= 0.3 is 0 Å². The van der Waals surface area contributed by atoms with E-state index in [0.717, 1.165) is 25.2 Å². The van der Waals surface area contributed by atoms with Crippen LogP contribution in [0.5, 0.6) is 11.5 Å². The van der Waals surface area contributed by atoms with Gasteiger partial charge in [-0.05, 0) is 97.1 Å². The molecule has 144 valence electrons. The summed E-state index contributed by atoms with van der Waals surface area (Å²) in [5, 5.41) is 28.7. The molecule has 2 aromatic rings. The van der Waals surface area contributed by atoms with Gasteiger partial charge in [0, 0.05) is 0 Å². The third kappa shape index (κ3) is 3.34. The van der Waals surface area contributed by atoms with E-state index >= 15 is 0 Å². The molecule has 0 aliphatic heterocycles. The van der Waals surface area contributed by atoms with E-state index in [4.69, 9.17) is 5.11 Å². The Labute approximate surface area is 161 Å². The summed E-state index contributed by atoms with van der Waals surface area (Å²) in [4.78, 5) is 0. The molecule has 3 heteroatoms. The molecule has 0 aromatic heterocycles. The predicted molar refractivity (Wildman–Crippen MR) is 107 cm³/mol. The zero-order chi connectivity index (χ0) is 19.0. The van der Waals surface area contributed by atoms with Crippen LogP contribution >= 0.6 is 0 Å². The van der Waals surface area contributed by atoms with Crippen molar-refractivity contribution in [1.82, 2.24) is 0 Å². The smallest absolute Gasteiger partial charge is 0.115 e. The second-order valence-corrected chi connectivity index (χ2v) is 8.77. The van der Waals surface area contributed by atoms with Crippen molar-refractivity contribution >= 4 is 0 Å². The molecule has 0 amide bonds. The number of benzene rings is 2. The fourth-order valence-electron chi connectivity index (χ4n) is 5.97. The van der Waals surface area contributed by atoms with Gasteiger partial charge in [-0.25, -0.2) is 0 Å². The number of aliphatic hydroxyl groups excluding tert-OH is 1. The summed E-state index contributed by atoms with van der Waals surface area (Å²) in [6, 6.07) is 14.7. The van der Waals surface area contributed by atoms with E-state index in [1.165, 1.54) is 30.4 Å². The monoisotopic (exact) mass is 366 g/mol. The van der Waals surface area contributed by atoms with Crippen LogP contribution in [0.1, 0.15) is 56.1 Å². The van der Waals surface area contributed by atoms with Gasteiger partial charge in [-0.1, -0.05) is 31.2 Å². The van der Waals surface area contributed by atoms with E-state index in [0.29, 0.717) is 23.3 Å². The highest BCUT2D eigenvalue weighted by atomic mass is 16.3. The summed E-state index contributed by atoms with van der Waals surface area (Å²) < 4.78 is 0. The van der Waals surface area contributed by atoms with Crippen LogP contribution in [-0.4, -0.2) is 21.4 Å². The molecule has 0 saturated heterocycles. The molecule has 5 rings (SSSR count). The van der Waals surface area contributed by atoms with Crippen LogP contribution in [0.25, 0.3) is 0 Å². The summed E-state index contributed by atoms with van der Waals surface area (Å²) in [7, 11) is 0. The highest BCUT2D eigenvalue weighted by Crippen LogP contribution is 2.60. The third-order valence-electron chi connectivity index (χ3n) is 7.42. The van der Waals surface area contributed by atoms with Crippen molar-refractivity contribution in [3.8, 4) is 11.5 Å². The van der Waals surface area contributed by atoms with Gasteiger partial charge in [0.2, 0.25) is 0 Å². The SMILES string of the molecule is C[C@]12CC[C@@H]3c4ccc(O)cc4CC[C@H]3[C@@H]1CC[C@@H]2O.Oc1ccccc1. The molecule has 0 spiro atoms. The van der Waals surface area contributed by atoms with E-state index in [1.807, 2.05) is 18.2 Å². The Bertz CT molecular complexity index is 787. The lowest BCUT2D eigenvalue weighted by Gasteiger charge is -2.50. The number of fused-ring (bicyclic) bond motifs is 5. The molecule has 27 heavy (non-hydrogen) atoms. The minimum Gasteiger partial charge on any atom is -0.508 e. The first kappa shape index (κ1) is 18.4. The van der Waals surface area contributed by atoms with Crippen molar-refractivity contribution in [2.24, 2.45) is 17.3 Å². The Hall–Kier alpha value is -2.00. The standard InChI is InChI=1S/C18H24O2.C6H6O/c1-18-9-8-14-13-5-3-12(19)10-11(13)2-4-15(14)16(18)6-7-17(18)20;7-6-4-2-1-3-5-6/h3,5,10,14-17,19-20H,2,4,6-9H2,1H3;1-5,7H/t14-,15-,16+,17+,18+;/m1./s1. The molecule has 3 aliphatic rings. The maximum Gasteiger partial charge on any atom is 0.115 e. The number of hydrogen-bond acceptors (Lipinski definition) is 3. The molecule has 0 heterocycles. The maximum atomic E-state index is 10.4. The van der Waals surface area contributed by atoms with E-state index in [2.05, 4.69) is 13.0 Å². The Morgan fingerprint density at radius 2 is 1.67 bits per heavy atom. The maximum absolute atomic E-state index is 10.4. The average molecular weight is 367 g/mol. The summed E-state index contributed by atoms with van der Waals surface area (Å²) in [5.41, 5.74) is 2.99. The van der Waals surface area contributed by atoms with Crippen LogP contribution in [0.3, 0.4) is 0 Å². The van der Waals surface area contributed by atoms with Crippen LogP contribution in [-0.2, 0) is 6.42 Å². The molecule has 0 bridgehead atoms. The van der Waals surface area contributed by atoms with Gasteiger partial charge in [-0.3, -0.25) is 0 Å². The molecule has 0 unspecified atom stereocenters. The second-order valence-electron chi connectivity index (χ2n) is 8.77. The fourth-order valence-corrected chi connectivity index (χ4v) is 5.97. The molecule has 3 nitrogen and oxygen atoms in total. The molecule has 3 N–H and O–H groups in total. The normalized spacial score (nSPS) is 33.9. The Morgan fingerprint density at radius 3 is 2.37 bits per heavy atom. The Morgan fingerprint density at radius 1 is 0.889 bits per heavy atom. The first-order valence-corrected chi connectivity index (χ1v) is 10.2. The molecule has 0 radical (unpaired) electrons. The van der Waals surface area contributed by atoms with E-state index in [9.17, 15) is 10.2 Å². The zero-order valence-corrected chi connectivity index (χ0v) is 16.0. The van der Waals surface area contributed by atoms with Gasteiger partial charge in [-0.2, -0.15) is 0 Å². The highest BCUT2D eigenvalue weighted by molar-refractivity contribution is 5.40. The van der Waals surface area contributed by atoms with Crippen molar-refractivity contribution in [2.45, 2.75) is 57.5 Å². The quantitative estimate of drug-likeness (QED) is 0.615. The number of phenolic OH excluding ortho intramolecular Hbond substituents is 2. The van der Waals surface area contributed by atoms with E-state index in [1.54, 1.807) is 24.3 Å². The Kier molecular flexibility index (Phi) is 4.90. The lowest BCUT2D eigenvalue weighted by molar-refractivity contribution is -0.0226. The number of aryl methyl sites for hydroxylation is 1. The fraction of sp³-hybridized carbons (Fsp3) is 0.500. The predicted octanol–water partition coefficient (Wildman–Crippen LogP) is 5.00. The van der Waals surface area contributed by atoms with Crippen LogP contribution in [0, 0.1) is 17.3 Å². The highest BCUT2D eigenvalue weighted by Gasteiger charge is 2.54. The van der Waals surface area contributed by atoms with Crippen LogP contribution in [0.15, 0.2) is 48.5 Å². The van der Waals surface area contributed by atoms with Crippen molar-refractivity contribution in [1.29, 1.82) is 0 Å². The first-order chi connectivity index (χ1) is 13.0. The number of para-hydroxylation sites is 1. The van der Waals surface area contributed by atoms with Crippen LogP contribution < -0.4 is 0 Å².